The van der Waals surface area contributed by atoms with Crippen LogP contribution in [0.3, 0.4) is 0 Å². The Bertz CT molecular complexity index is 1090. The van der Waals surface area contributed by atoms with Crippen molar-refractivity contribution < 1.29 is 33.2 Å². The zero-order chi connectivity index (χ0) is 23.0. The largest absolute Gasteiger partial charge is 0.394 e. The lowest BCUT2D eigenvalue weighted by Crippen LogP contribution is -2.55. The third-order valence-corrected chi connectivity index (χ3v) is 6.33. The summed E-state index contributed by atoms with van der Waals surface area (Å²) in [6, 6.07) is 8.00. The van der Waals surface area contributed by atoms with Crippen LogP contribution in [-0.4, -0.2) is 60.7 Å². The number of hydrogen-bond donors (Lipinski definition) is 3. The molecule has 11 heteroatoms. The number of rotatable bonds is 5. The first kappa shape index (κ1) is 22.7. The minimum absolute atomic E-state index is 0.0112. The van der Waals surface area contributed by atoms with Gasteiger partial charge in [0.15, 0.2) is 17.5 Å². The topological polar surface area (TPSA) is 101 Å². The van der Waals surface area contributed by atoms with Crippen LogP contribution in [0.25, 0.3) is 11.3 Å². The number of nitrogens with zero attached hydrogens (tertiary/aromatic N) is 3. The molecule has 1 aromatic heterocycles. The van der Waals surface area contributed by atoms with Crippen molar-refractivity contribution in [3.05, 3.63) is 65.6 Å². The van der Waals surface area contributed by atoms with Crippen molar-refractivity contribution in [2.75, 3.05) is 6.61 Å². The smallest absolute Gasteiger partial charge is 0.194 e. The third-order valence-electron chi connectivity index (χ3n) is 5.19. The number of ether oxygens (including phenoxy) is 1. The predicted octanol–water partition coefficient (Wildman–Crippen LogP) is 2.44. The number of benzene rings is 2. The van der Waals surface area contributed by atoms with Crippen molar-refractivity contribution in [3.8, 4) is 11.3 Å². The number of aliphatic hydroxyl groups excluding tert-OH is 3. The molecule has 1 aliphatic rings. The molecule has 0 bridgehead atoms. The second kappa shape index (κ2) is 9.20. The Labute approximate surface area is 185 Å². The second-order valence-corrected chi connectivity index (χ2v) is 8.64. The zero-order valence-electron chi connectivity index (χ0n) is 16.8. The average molecular weight is 467 g/mol. The molecule has 0 aliphatic carbocycles. The van der Waals surface area contributed by atoms with Gasteiger partial charge in [-0.05, 0) is 31.2 Å². The number of aryl methyl sites for hydroxylation is 1. The van der Waals surface area contributed by atoms with Gasteiger partial charge in [0, 0.05) is 10.5 Å². The molecular weight excluding hydrogens is 447 g/mol. The van der Waals surface area contributed by atoms with Crippen molar-refractivity contribution in [1.82, 2.24) is 15.0 Å². The maximum absolute atomic E-state index is 13.6. The Morgan fingerprint density at radius 2 is 1.81 bits per heavy atom. The second-order valence-electron chi connectivity index (χ2n) is 7.47. The van der Waals surface area contributed by atoms with E-state index < -0.39 is 53.8 Å². The monoisotopic (exact) mass is 467 g/mol. The van der Waals surface area contributed by atoms with Gasteiger partial charge in [-0.15, -0.1) is 5.10 Å². The maximum Gasteiger partial charge on any atom is 0.194 e. The summed E-state index contributed by atoms with van der Waals surface area (Å²) in [5, 5.41) is 39.0. The summed E-state index contributed by atoms with van der Waals surface area (Å²) in [5.41, 5.74) is 0.108. The normalized spacial score (nSPS) is 25.8. The number of thioether (sulfide) groups is 1. The molecule has 7 nitrogen and oxygen atoms in total. The lowest BCUT2D eigenvalue weighted by Gasteiger charge is -2.41. The molecule has 1 saturated heterocycles. The molecule has 2 aromatic carbocycles. The van der Waals surface area contributed by atoms with E-state index in [-0.39, 0.29) is 11.3 Å². The highest BCUT2D eigenvalue weighted by molar-refractivity contribution is 7.99. The minimum atomic E-state index is -1.60. The summed E-state index contributed by atoms with van der Waals surface area (Å²) in [6.45, 7) is 1.41. The Balaban J connectivity index is 1.64. The molecule has 0 radical (unpaired) electrons. The van der Waals surface area contributed by atoms with Gasteiger partial charge in [-0.1, -0.05) is 34.7 Å². The Hall–Kier alpha value is -2.44. The van der Waals surface area contributed by atoms with E-state index in [1.54, 1.807) is 0 Å². The van der Waals surface area contributed by atoms with Gasteiger partial charge in [0.25, 0.3) is 0 Å². The van der Waals surface area contributed by atoms with E-state index in [1.807, 2.05) is 31.2 Å². The molecule has 0 saturated carbocycles. The van der Waals surface area contributed by atoms with Gasteiger partial charge < -0.3 is 20.1 Å². The van der Waals surface area contributed by atoms with E-state index in [9.17, 15) is 28.5 Å². The highest BCUT2D eigenvalue weighted by Gasteiger charge is 2.46. The van der Waals surface area contributed by atoms with Crippen LogP contribution in [0.15, 0.2) is 47.5 Å². The van der Waals surface area contributed by atoms with Crippen molar-refractivity contribution in [2.45, 2.75) is 41.6 Å². The first-order valence-corrected chi connectivity index (χ1v) is 10.6. The summed E-state index contributed by atoms with van der Waals surface area (Å²) >= 11 is 1.22. The van der Waals surface area contributed by atoms with E-state index in [1.165, 1.54) is 18.0 Å². The molecule has 3 aromatic rings. The Kier molecular flexibility index (Phi) is 6.54. The quantitative estimate of drug-likeness (QED) is 0.496. The molecule has 1 aliphatic heterocycles. The summed E-state index contributed by atoms with van der Waals surface area (Å²) in [6.07, 6.45) is -2.36. The number of aliphatic hydroxyl groups is 3. The first-order chi connectivity index (χ1) is 15.3. The molecule has 3 unspecified atom stereocenters. The highest BCUT2D eigenvalue weighted by atomic mass is 32.2. The third kappa shape index (κ3) is 4.39. The van der Waals surface area contributed by atoms with E-state index >= 15 is 0 Å². The van der Waals surface area contributed by atoms with Gasteiger partial charge in [-0.2, -0.15) is 0 Å². The summed E-state index contributed by atoms with van der Waals surface area (Å²) in [4.78, 5) is 0.817. The average Bonchev–Trinajstić information content (AvgIpc) is 3.23. The van der Waals surface area contributed by atoms with E-state index in [0.29, 0.717) is 0 Å². The summed E-state index contributed by atoms with van der Waals surface area (Å²) < 4.78 is 47.3. The lowest BCUT2D eigenvalue weighted by atomic mass is 9.97. The van der Waals surface area contributed by atoms with Gasteiger partial charge in [-0.3, -0.25) is 0 Å². The van der Waals surface area contributed by atoms with Crippen molar-refractivity contribution in [2.24, 2.45) is 0 Å². The Morgan fingerprint density at radius 3 is 2.47 bits per heavy atom. The van der Waals surface area contributed by atoms with Crippen LogP contribution < -0.4 is 0 Å². The number of halogens is 3. The fourth-order valence-corrected chi connectivity index (χ4v) is 4.74. The van der Waals surface area contributed by atoms with Crippen LogP contribution in [0.4, 0.5) is 13.2 Å². The molecule has 32 heavy (non-hydrogen) atoms. The Morgan fingerprint density at radius 1 is 1.09 bits per heavy atom. The van der Waals surface area contributed by atoms with Gasteiger partial charge in [0.1, 0.15) is 35.5 Å². The fourth-order valence-electron chi connectivity index (χ4n) is 3.56. The molecule has 1 fully saturated rings. The van der Waals surface area contributed by atoms with Gasteiger partial charge in [-0.25, -0.2) is 17.9 Å². The summed E-state index contributed by atoms with van der Waals surface area (Å²) in [5.74, 6) is -4.36. The van der Waals surface area contributed by atoms with Crippen LogP contribution >= 0.6 is 11.8 Å². The standard InChI is InChI=1S/C21H20F3N3O4S/c1-10-3-2-4-12(5-10)32-21-20(30)18(19(29)16(9-28)31-21)27-8-15(25-26-27)11-6-13(22)17(24)14(23)7-11/h2-8,16,18-21,28-30H,9H2,1H3/t16?,18?,19-,20?,21+/m0/s1. The molecular formula is C21H20F3N3O4S. The summed E-state index contributed by atoms with van der Waals surface area (Å²) in [7, 11) is 0. The first-order valence-electron chi connectivity index (χ1n) is 9.71. The maximum atomic E-state index is 13.6. The zero-order valence-corrected chi connectivity index (χ0v) is 17.6. The molecule has 2 heterocycles. The van der Waals surface area contributed by atoms with Crippen molar-refractivity contribution in [3.63, 3.8) is 0 Å². The van der Waals surface area contributed by atoms with Gasteiger partial charge >= 0.3 is 0 Å². The number of aromatic nitrogens is 3. The SMILES string of the molecule is Cc1cccc(S[C@H]2OC(CO)[C@H](O)C(n3cc(-c4cc(F)c(F)c(F)c4)nn3)C2O)c1. The van der Waals surface area contributed by atoms with Crippen molar-refractivity contribution in [1.29, 1.82) is 0 Å². The van der Waals surface area contributed by atoms with E-state index in [0.717, 1.165) is 27.3 Å². The highest BCUT2D eigenvalue weighted by Crippen LogP contribution is 2.38. The molecule has 170 valence electrons. The van der Waals surface area contributed by atoms with Crippen molar-refractivity contribution >= 4 is 11.8 Å². The van der Waals surface area contributed by atoms with Crippen LogP contribution in [0, 0.1) is 24.4 Å². The fraction of sp³-hybridized carbons (Fsp3) is 0.333. The van der Waals surface area contributed by atoms with Crippen LogP contribution in [0.5, 0.6) is 0 Å². The molecule has 4 rings (SSSR count). The van der Waals surface area contributed by atoms with Crippen LogP contribution in [0.2, 0.25) is 0 Å². The van der Waals surface area contributed by atoms with Gasteiger partial charge in [0.2, 0.25) is 0 Å². The molecule has 0 amide bonds. The van der Waals surface area contributed by atoms with Crippen LogP contribution in [-0.2, 0) is 4.74 Å². The lowest BCUT2D eigenvalue weighted by molar-refractivity contribution is -0.178. The minimum Gasteiger partial charge on any atom is -0.394 e. The number of hydrogen-bond acceptors (Lipinski definition) is 7. The van der Waals surface area contributed by atoms with Crippen LogP contribution in [0.1, 0.15) is 11.6 Å². The van der Waals surface area contributed by atoms with E-state index in [4.69, 9.17) is 4.74 Å². The molecule has 3 N–H and O–H groups in total. The molecule has 0 spiro atoms. The van der Waals surface area contributed by atoms with Gasteiger partial charge in [0.05, 0.1) is 12.8 Å². The molecule has 5 atom stereocenters. The van der Waals surface area contributed by atoms with E-state index in [2.05, 4.69) is 10.3 Å². The predicted molar refractivity (Wildman–Crippen MR) is 109 cm³/mol.